The Hall–Kier alpha value is -3.53. The molecule has 2 aromatic heterocycles. The van der Waals surface area contributed by atoms with Gasteiger partial charge in [0.1, 0.15) is 9.71 Å². The smallest absolute Gasteiger partial charge is 0.267 e. The minimum absolute atomic E-state index is 0.0713. The van der Waals surface area contributed by atoms with Crippen LogP contribution in [0, 0.1) is 0 Å². The summed E-state index contributed by atoms with van der Waals surface area (Å²) in [6, 6.07) is 6.02. The van der Waals surface area contributed by atoms with Crippen molar-refractivity contribution in [2.75, 3.05) is 17.8 Å². The highest BCUT2D eigenvalue weighted by Gasteiger charge is 2.20. The number of anilines is 2. The van der Waals surface area contributed by atoms with E-state index in [0.29, 0.717) is 22.0 Å². The van der Waals surface area contributed by atoms with Gasteiger partial charge in [0.15, 0.2) is 11.5 Å². The molecular weight excluding hydrogens is 362 g/mol. The molecule has 0 spiro atoms. The standard InChI is InChI=1S/C16H11N3O6S/c17-11-7-4-8(16(22)23)13(20)19-15(7)26-12(11)14(21)18-6-1-2-9-10(3-6)25-5-24-9/h1-4H,5,17H2,(H,18,21)(H,19,20)(H,22,23)/p-1. The monoisotopic (exact) mass is 372 g/mol. The van der Waals surface area contributed by atoms with Gasteiger partial charge >= 0.3 is 0 Å². The summed E-state index contributed by atoms with van der Waals surface area (Å²) in [7, 11) is 0. The lowest BCUT2D eigenvalue weighted by molar-refractivity contribution is -0.255. The van der Waals surface area contributed by atoms with Crippen LogP contribution in [0.4, 0.5) is 11.4 Å². The van der Waals surface area contributed by atoms with Crippen LogP contribution in [0.25, 0.3) is 10.2 Å². The molecule has 0 saturated carbocycles. The summed E-state index contributed by atoms with van der Waals surface area (Å²) < 4.78 is 10.5. The van der Waals surface area contributed by atoms with Crippen LogP contribution in [0.5, 0.6) is 11.5 Å². The number of carbonyl (C=O) groups is 2. The molecule has 0 radical (unpaired) electrons. The van der Waals surface area contributed by atoms with E-state index in [1.807, 2.05) is 0 Å². The van der Waals surface area contributed by atoms with Gasteiger partial charge in [0, 0.05) is 17.1 Å². The molecule has 1 aliphatic heterocycles. The first-order valence-corrected chi connectivity index (χ1v) is 8.13. The number of carboxylic acids is 1. The van der Waals surface area contributed by atoms with Gasteiger partial charge in [-0.3, -0.25) is 9.59 Å². The fraction of sp³-hybridized carbons (Fsp3) is 0.0625. The fourth-order valence-electron chi connectivity index (χ4n) is 2.56. The second-order valence-corrected chi connectivity index (χ2v) is 6.43. The average Bonchev–Trinajstić information content (AvgIpc) is 3.18. The van der Waals surface area contributed by atoms with Crippen molar-refractivity contribution in [3.05, 3.63) is 45.1 Å². The van der Waals surface area contributed by atoms with E-state index in [2.05, 4.69) is 10.3 Å². The second-order valence-electron chi connectivity index (χ2n) is 5.41. The van der Waals surface area contributed by atoms with Gasteiger partial charge in [-0.15, -0.1) is 11.3 Å². The molecule has 1 amide bonds. The van der Waals surface area contributed by atoms with Gasteiger partial charge in [0.25, 0.3) is 11.5 Å². The number of pyridine rings is 1. The van der Waals surface area contributed by atoms with E-state index in [1.54, 1.807) is 18.2 Å². The van der Waals surface area contributed by atoms with Crippen molar-refractivity contribution >= 4 is 44.8 Å². The van der Waals surface area contributed by atoms with Crippen molar-refractivity contribution in [1.82, 2.24) is 4.98 Å². The van der Waals surface area contributed by atoms with E-state index in [9.17, 15) is 19.5 Å². The lowest BCUT2D eigenvalue weighted by Gasteiger charge is -2.05. The number of rotatable bonds is 3. The van der Waals surface area contributed by atoms with Crippen molar-refractivity contribution in [3.8, 4) is 11.5 Å². The summed E-state index contributed by atoms with van der Waals surface area (Å²) in [5.41, 5.74) is 5.15. The molecule has 9 nitrogen and oxygen atoms in total. The largest absolute Gasteiger partial charge is 0.545 e. The Morgan fingerprint density at radius 1 is 1.23 bits per heavy atom. The van der Waals surface area contributed by atoms with Crippen LogP contribution in [-0.4, -0.2) is 23.7 Å². The van der Waals surface area contributed by atoms with E-state index in [-0.39, 0.29) is 22.7 Å². The predicted octanol–water partition coefficient (Wildman–Crippen LogP) is 0.516. The minimum Gasteiger partial charge on any atom is -0.545 e. The number of nitrogens with one attached hydrogen (secondary N) is 2. The Labute approximate surface area is 149 Å². The third kappa shape index (κ3) is 2.52. The number of H-pyrrole nitrogens is 1. The van der Waals surface area contributed by atoms with Gasteiger partial charge in [-0.1, -0.05) is 0 Å². The van der Waals surface area contributed by atoms with Gasteiger partial charge in [-0.05, 0) is 18.2 Å². The van der Waals surface area contributed by atoms with Gasteiger partial charge < -0.3 is 35.4 Å². The highest BCUT2D eigenvalue weighted by molar-refractivity contribution is 7.21. The van der Waals surface area contributed by atoms with E-state index in [4.69, 9.17) is 15.2 Å². The number of nitrogens with two attached hydrogens (primary N) is 1. The van der Waals surface area contributed by atoms with Crippen LogP contribution in [0.15, 0.2) is 29.1 Å². The van der Waals surface area contributed by atoms with Crippen molar-refractivity contribution < 1.29 is 24.2 Å². The maximum atomic E-state index is 12.5. The summed E-state index contributed by atoms with van der Waals surface area (Å²) in [6.45, 7) is 0.115. The summed E-state index contributed by atoms with van der Waals surface area (Å²) in [6.07, 6.45) is 0. The molecule has 0 bridgehead atoms. The first kappa shape index (κ1) is 16.0. The normalized spacial score (nSPS) is 12.3. The Balaban J connectivity index is 1.69. The lowest BCUT2D eigenvalue weighted by Crippen LogP contribution is -2.29. The Morgan fingerprint density at radius 2 is 2.00 bits per heavy atom. The average molecular weight is 372 g/mol. The number of aromatic carboxylic acids is 1. The van der Waals surface area contributed by atoms with Gasteiger partial charge in [-0.2, -0.15) is 0 Å². The predicted molar refractivity (Wildman–Crippen MR) is 91.7 cm³/mol. The third-order valence-corrected chi connectivity index (χ3v) is 4.94. The summed E-state index contributed by atoms with van der Waals surface area (Å²) in [4.78, 5) is 38.1. The maximum absolute atomic E-state index is 12.5. The molecule has 4 N–H and O–H groups in total. The Kier molecular flexibility index (Phi) is 3.55. The minimum atomic E-state index is -1.62. The van der Waals surface area contributed by atoms with Crippen LogP contribution in [-0.2, 0) is 0 Å². The van der Waals surface area contributed by atoms with E-state index in [0.717, 1.165) is 17.4 Å². The van der Waals surface area contributed by atoms with Gasteiger partial charge in [0.2, 0.25) is 6.79 Å². The number of aromatic nitrogens is 1. The highest BCUT2D eigenvalue weighted by Crippen LogP contribution is 2.36. The van der Waals surface area contributed by atoms with Crippen molar-refractivity contribution in [2.24, 2.45) is 0 Å². The van der Waals surface area contributed by atoms with E-state index >= 15 is 0 Å². The molecule has 4 rings (SSSR count). The molecule has 0 unspecified atom stereocenters. The summed E-state index contributed by atoms with van der Waals surface area (Å²) in [5.74, 6) is -1.03. The maximum Gasteiger partial charge on any atom is 0.267 e. The van der Waals surface area contributed by atoms with Crippen LogP contribution in [0.2, 0.25) is 0 Å². The number of aromatic amines is 1. The zero-order valence-corrected chi connectivity index (χ0v) is 13.8. The van der Waals surface area contributed by atoms with Crippen LogP contribution >= 0.6 is 11.3 Å². The SMILES string of the molecule is Nc1c(C(=O)Nc2ccc3c(c2)OCO3)sc2[nH]c(=O)c(C(=O)[O-])cc12. The summed E-state index contributed by atoms with van der Waals surface area (Å²) >= 11 is 0.949. The molecule has 3 aromatic rings. The summed E-state index contributed by atoms with van der Waals surface area (Å²) in [5, 5.41) is 13.9. The highest BCUT2D eigenvalue weighted by atomic mass is 32.1. The van der Waals surface area contributed by atoms with Crippen molar-refractivity contribution in [1.29, 1.82) is 0 Å². The molecule has 26 heavy (non-hydrogen) atoms. The zero-order valence-electron chi connectivity index (χ0n) is 13.0. The number of nitrogen functional groups attached to an aromatic ring is 1. The topological polar surface area (TPSA) is 147 Å². The lowest BCUT2D eigenvalue weighted by atomic mass is 10.2. The number of benzene rings is 1. The Morgan fingerprint density at radius 3 is 2.77 bits per heavy atom. The Bertz CT molecular complexity index is 1130. The quantitative estimate of drug-likeness (QED) is 0.607. The molecule has 0 saturated heterocycles. The molecule has 3 heterocycles. The molecule has 1 aliphatic rings. The zero-order chi connectivity index (χ0) is 18.4. The van der Waals surface area contributed by atoms with Crippen LogP contribution in [0.3, 0.4) is 0 Å². The first-order valence-electron chi connectivity index (χ1n) is 7.31. The first-order chi connectivity index (χ1) is 12.4. The molecule has 10 heteroatoms. The number of fused-ring (bicyclic) bond motifs is 2. The van der Waals surface area contributed by atoms with E-state index < -0.39 is 23.0 Å². The van der Waals surface area contributed by atoms with Crippen LogP contribution < -0.4 is 31.2 Å². The second kappa shape index (κ2) is 5.77. The fourth-order valence-corrected chi connectivity index (χ4v) is 3.55. The number of ether oxygens (including phenoxy) is 2. The molecule has 0 fully saturated rings. The molecule has 0 atom stereocenters. The van der Waals surface area contributed by atoms with Gasteiger partial charge in [-0.25, -0.2) is 0 Å². The molecule has 1 aromatic carbocycles. The number of thiophene rings is 1. The van der Waals surface area contributed by atoms with Gasteiger partial charge in [0.05, 0.1) is 17.2 Å². The molecular formula is C16H10N3O6S-. The molecule has 132 valence electrons. The number of hydrogen-bond acceptors (Lipinski definition) is 8. The third-order valence-electron chi connectivity index (χ3n) is 3.80. The van der Waals surface area contributed by atoms with Crippen molar-refractivity contribution in [3.63, 3.8) is 0 Å². The number of hydrogen-bond donors (Lipinski definition) is 3. The number of carboxylic acid groups (broad SMARTS) is 1. The van der Waals surface area contributed by atoms with Crippen LogP contribution in [0.1, 0.15) is 20.0 Å². The number of amides is 1. The number of carbonyl (C=O) groups excluding carboxylic acids is 2. The van der Waals surface area contributed by atoms with E-state index in [1.165, 1.54) is 0 Å². The molecule has 0 aliphatic carbocycles. The van der Waals surface area contributed by atoms with Crippen molar-refractivity contribution in [2.45, 2.75) is 0 Å².